The van der Waals surface area contributed by atoms with Gasteiger partial charge in [0.15, 0.2) is 0 Å². The third kappa shape index (κ3) is 3.63. The van der Waals surface area contributed by atoms with E-state index >= 15 is 0 Å². The summed E-state index contributed by atoms with van der Waals surface area (Å²) in [5.74, 6) is -0.213. The van der Waals surface area contributed by atoms with Crippen molar-refractivity contribution in [2.45, 2.75) is 20.0 Å². The Balaban J connectivity index is 1.90. The quantitative estimate of drug-likeness (QED) is 0.890. The van der Waals surface area contributed by atoms with E-state index in [-0.39, 0.29) is 5.82 Å². The van der Waals surface area contributed by atoms with Crippen LogP contribution in [0.15, 0.2) is 34.8 Å². The largest absolute Gasteiger partial charge is 0.308 e. The lowest BCUT2D eigenvalue weighted by molar-refractivity contribution is 0.623. The van der Waals surface area contributed by atoms with Gasteiger partial charge in [-0.1, -0.05) is 22.0 Å². The standard InChI is InChI=1S/C13H13BrFNS/c1-9-2-5-12(17-9)8-16-7-10-3-4-11(15)6-13(10)14/h2-6,16H,7-8H2,1H3. The van der Waals surface area contributed by atoms with E-state index in [0.717, 1.165) is 23.1 Å². The summed E-state index contributed by atoms with van der Waals surface area (Å²) in [4.78, 5) is 2.64. The molecule has 0 radical (unpaired) electrons. The molecule has 0 atom stereocenters. The van der Waals surface area contributed by atoms with Crippen LogP contribution in [0.4, 0.5) is 4.39 Å². The van der Waals surface area contributed by atoms with Crippen molar-refractivity contribution in [3.63, 3.8) is 0 Å². The van der Waals surface area contributed by atoms with Crippen LogP contribution in [0.2, 0.25) is 0 Å². The SMILES string of the molecule is Cc1ccc(CNCc2ccc(F)cc2Br)s1. The van der Waals surface area contributed by atoms with Crippen LogP contribution < -0.4 is 5.32 Å². The molecule has 90 valence electrons. The van der Waals surface area contributed by atoms with Crippen molar-refractivity contribution in [3.05, 3.63) is 55.9 Å². The molecular weight excluding hydrogens is 301 g/mol. The number of hydrogen-bond acceptors (Lipinski definition) is 2. The van der Waals surface area contributed by atoms with E-state index in [0.29, 0.717) is 0 Å². The van der Waals surface area contributed by atoms with Gasteiger partial charge in [-0.25, -0.2) is 4.39 Å². The van der Waals surface area contributed by atoms with Gasteiger partial charge in [-0.05, 0) is 36.8 Å². The zero-order chi connectivity index (χ0) is 12.3. The highest BCUT2D eigenvalue weighted by molar-refractivity contribution is 9.10. The molecule has 0 aliphatic rings. The topological polar surface area (TPSA) is 12.0 Å². The van der Waals surface area contributed by atoms with Crippen molar-refractivity contribution in [1.82, 2.24) is 5.32 Å². The fraction of sp³-hybridized carbons (Fsp3) is 0.231. The Labute approximate surface area is 113 Å². The average molecular weight is 314 g/mol. The number of aryl methyl sites for hydroxylation is 1. The van der Waals surface area contributed by atoms with Crippen LogP contribution in [0.5, 0.6) is 0 Å². The Bertz CT molecular complexity index is 510. The number of rotatable bonds is 4. The number of benzene rings is 1. The van der Waals surface area contributed by atoms with Crippen molar-refractivity contribution in [2.24, 2.45) is 0 Å². The van der Waals surface area contributed by atoms with Crippen LogP contribution in [0.3, 0.4) is 0 Å². The highest BCUT2D eigenvalue weighted by Gasteiger charge is 2.02. The first-order valence-corrected chi connectivity index (χ1v) is 6.96. The predicted molar refractivity (Wildman–Crippen MR) is 73.7 cm³/mol. The molecule has 0 aliphatic carbocycles. The van der Waals surface area contributed by atoms with Crippen molar-refractivity contribution in [1.29, 1.82) is 0 Å². The second-order valence-electron chi connectivity index (χ2n) is 3.85. The zero-order valence-corrected chi connectivity index (χ0v) is 11.9. The molecule has 2 aromatic rings. The molecule has 4 heteroatoms. The molecule has 1 aromatic heterocycles. The smallest absolute Gasteiger partial charge is 0.124 e. The number of nitrogens with one attached hydrogen (secondary N) is 1. The van der Waals surface area contributed by atoms with E-state index in [1.54, 1.807) is 17.4 Å². The molecule has 0 fully saturated rings. The molecule has 2 rings (SSSR count). The van der Waals surface area contributed by atoms with Crippen LogP contribution in [0.25, 0.3) is 0 Å². The van der Waals surface area contributed by atoms with Gasteiger partial charge in [0.2, 0.25) is 0 Å². The van der Waals surface area contributed by atoms with Crippen molar-refractivity contribution >= 4 is 27.3 Å². The first-order chi connectivity index (χ1) is 8.15. The van der Waals surface area contributed by atoms with Gasteiger partial charge in [0.05, 0.1) is 0 Å². The Morgan fingerprint density at radius 1 is 1.24 bits per heavy atom. The fourth-order valence-corrected chi connectivity index (χ4v) is 2.92. The minimum absolute atomic E-state index is 0.213. The molecule has 1 N–H and O–H groups in total. The number of hydrogen-bond donors (Lipinski definition) is 1. The molecule has 1 heterocycles. The summed E-state index contributed by atoms with van der Waals surface area (Å²) in [7, 11) is 0. The van der Waals surface area contributed by atoms with Crippen LogP contribution in [0, 0.1) is 12.7 Å². The predicted octanol–water partition coefficient (Wildman–Crippen LogP) is 4.25. The van der Waals surface area contributed by atoms with E-state index in [1.165, 1.54) is 21.9 Å². The van der Waals surface area contributed by atoms with Gasteiger partial charge in [-0.3, -0.25) is 0 Å². The first-order valence-electron chi connectivity index (χ1n) is 5.35. The normalized spacial score (nSPS) is 10.8. The molecule has 1 aromatic carbocycles. The van der Waals surface area contributed by atoms with Gasteiger partial charge in [0.25, 0.3) is 0 Å². The monoisotopic (exact) mass is 313 g/mol. The zero-order valence-electron chi connectivity index (χ0n) is 9.47. The van der Waals surface area contributed by atoms with Crippen molar-refractivity contribution in [3.8, 4) is 0 Å². The van der Waals surface area contributed by atoms with Gasteiger partial charge in [-0.15, -0.1) is 11.3 Å². The Hall–Kier alpha value is -0.710. The summed E-state index contributed by atoms with van der Waals surface area (Å²) < 4.78 is 13.7. The molecule has 1 nitrogen and oxygen atoms in total. The van der Waals surface area contributed by atoms with E-state index in [9.17, 15) is 4.39 Å². The van der Waals surface area contributed by atoms with E-state index in [4.69, 9.17) is 0 Å². The minimum Gasteiger partial charge on any atom is -0.308 e. The number of halogens is 2. The third-order valence-corrected chi connectivity index (χ3v) is 4.16. The van der Waals surface area contributed by atoms with Gasteiger partial charge < -0.3 is 5.32 Å². The lowest BCUT2D eigenvalue weighted by atomic mass is 10.2. The summed E-state index contributed by atoms with van der Waals surface area (Å²) in [6.45, 7) is 3.69. The van der Waals surface area contributed by atoms with E-state index < -0.39 is 0 Å². The van der Waals surface area contributed by atoms with Crippen LogP contribution >= 0.6 is 27.3 Å². The van der Waals surface area contributed by atoms with Crippen LogP contribution in [-0.4, -0.2) is 0 Å². The number of thiophene rings is 1. The van der Waals surface area contributed by atoms with Gasteiger partial charge in [0, 0.05) is 27.3 Å². The third-order valence-electron chi connectivity index (χ3n) is 2.43. The van der Waals surface area contributed by atoms with E-state index in [2.05, 4.69) is 40.3 Å². The van der Waals surface area contributed by atoms with Crippen molar-refractivity contribution in [2.75, 3.05) is 0 Å². The Morgan fingerprint density at radius 3 is 2.71 bits per heavy atom. The molecule has 17 heavy (non-hydrogen) atoms. The maximum absolute atomic E-state index is 12.9. The maximum atomic E-state index is 12.9. The van der Waals surface area contributed by atoms with E-state index in [1.807, 2.05) is 0 Å². The second kappa shape index (κ2) is 5.76. The minimum atomic E-state index is -0.213. The lowest BCUT2D eigenvalue weighted by Gasteiger charge is -2.05. The Kier molecular flexibility index (Phi) is 4.31. The second-order valence-corrected chi connectivity index (χ2v) is 6.08. The molecule has 0 aliphatic heterocycles. The summed E-state index contributed by atoms with van der Waals surface area (Å²) in [6, 6.07) is 9.03. The molecule has 0 spiro atoms. The average Bonchev–Trinajstić information content (AvgIpc) is 2.68. The van der Waals surface area contributed by atoms with Crippen LogP contribution in [-0.2, 0) is 13.1 Å². The van der Waals surface area contributed by atoms with Crippen molar-refractivity contribution < 1.29 is 4.39 Å². The molecular formula is C13H13BrFNS. The Morgan fingerprint density at radius 2 is 2.06 bits per heavy atom. The molecule has 0 amide bonds. The molecule has 0 saturated heterocycles. The summed E-state index contributed by atoms with van der Waals surface area (Å²) >= 11 is 5.16. The van der Waals surface area contributed by atoms with Gasteiger partial charge in [0.1, 0.15) is 5.82 Å². The molecule has 0 saturated carbocycles. The van der Waals surface area contributed by atoms with Crippen LogP contribution in [0.1, 0.15) is 15.3 Å². The highest BCUT2D eigenvalue weighted by Crippen LogP contribution is 2.18. The summed E-state index contributed by atoms with van der Waals surface area (Å²) in [6.07, 6.45) is 0. The first kappa shape index (κ1) is 12.7. The van der Waals surface area contributed by atoms with Gasteiger partial charge in [-0.2, -0.15) is 0 Å². The summed E-state index contributed by atoms with van der Waals surface area (Å²) in [5, 5.41) is 3.35. The maximum Gasteiger partial charge on any atom is 0.124 e. The highest BCUT2D eigenvalue weighted by atomic mass is 79.9. The summed E-state index contributed by atoms with van der Waals surface area (Å²) in [5.41, 5.74) is 1.07. The molecule has 0 unspecified atom stereocenters. The molecule has 0 bridgehead atoms. The lowest BCUT2D eigenvalue weighted by Crippen LogP contribution is -2.12. The fourth-order valence-electron chi connectivity index (χ4n) is 1.57. The van der Waals surface area contributed by atoms with Gasteiger partial charge >= 0.3 is 0 Å².